The molecule has 96 valence electrons. The van der Waals surface area contributed by atoms with Gasteiger partial charge in [0.05, 0.1) is 4.90 Å². The fraction of sp³-hybridized carbons (Fsp3) is 0.455. The summed E-state index contributed by atoms with van der Waals surface area (Å²) in [6.07, 6.45) is 0. The van der Waals surface area contributed by atoms with Gasteiger partial charge in [-0.15, -0.1) is 23.5 Å². The van der Waals surface area contributed by atoms with Gasteiger partial charge in [0.1, 0.15) is 5.75 Å². The summed E-state index contributed by atoms with van der Waals surface area (Å²) in [7, 11) is -3.50. The molecular formula is C11H17O3PS2. The van der Waals surface area contributed by atoms with Crippen LogP contribution >= 0.6 is 31.1 Å². The highest BCUT2D eigenvalue weighted by atomic mass is 32.2. The molecule has 1 N–H and O–H groups in total. The molecule has 0 amide bonds. The van der Waals surface area contributed by atoms with E-state index in [9.17, 15) is 9.46 Å². The van der Waals surface area contributed by atoms with Crippen molar-refractivity contribution in [1.29, 1.82) is 0 Å². The van der Waals surface area contributed by atoms with E-state index < -0.39 is 7.60 Å². The van der Waals surface area contributed by atoms with Crippen molar-refractivity contribution in [1.82, 2.24) is 0 Å². The van der Waals surface area contributed by atoms with Crippen LogP contribution in [0.3, 0.4) is 0 Å². The van der Waals surface area contributed by atoms with Gasteiger partial charge in [-0.1, -0.05) is 19.9 Å². The molecule has 6 heteroatoms. The third-order valence-electron chi connectivity index (χ3n) is 1.80. The summed E-state index contributed by atoms with van der Waals surface area (Å²) in [5.41, 5.74) is 0. The van der Waals surface area contributed by atoms with Crippen LogP contribution in [-0.2, 0) is 4.57 Å². The van der Waals surface area contributed by atoms with Crippen molar-refractivity contribution < 1.29 is 14.0 Å². The van der Waals surface area contributed by atoms with Crippen LogP contribution in [-0.4, -0.2) is 23.1 Å². The highest BCUT2D eigenvalue weighted by molar-refractivity contribution is 8.02. The van der Waals surface area contributed by atoms with Gasteiger partial charge in [-0.3, -0.25) is 0 Å². The zero-order valence-electron chi connectivity index (χ0n) is 10.2. The Morgan fingerprint density at radius 2 is 1.94 bits per heavy atom. The first-order valence-electron chi connectivity index (χ1n) is 5.36. The van der Waals surface area contributed by atoms with Crippen molar-refractivity contribution in [3.05, 3.63) is 18.2 Å². The minimum absolute atomic E-state index is 0.503. The Labute approximate surface area is 111 Å². The van der Waals surface area contributed by atoms with E-state index in [4.69, 9.17) is 4.52 Å². The van der Waals surface area contributed by atoms with Gasteiger partial charge in [0.15, 0.2) is 0 Å². The number of hydrogen-bond acceptors (Lipinski definition) is 4. The van der Waals surface area contributed by atoms with Crippen molar-refractivity contribution in [2.75, 3.05) is 18.2 Å². The van der Waals surface area contributed by atoms with E-state index in [1.54, 1.807) is 29.6 Å². The molecule has 1 aromatic rings. The molecule has 0 aromatic heterocycles. The van der Waals surface area contributed by atoms with Gasteiger partial charge in [-0.2, -0.15) is 0 Å². The quantitative estimate of drug-likeness (QED) is 0.631. The summed E-state index contributed by atoms with van der Waals surface area (Å²) >= 11 is 3.34. The molecule has 0 saturated heterocycles. The molecule has 1 aromatic carbocycles. The van der Waals surface area contributed by atoms with Gasteiger partial charge in [0.25, 0.3) is 0 Å². The lowest BCUT2D eigenvalue weighted by molar-refractivity contribution is 0.383. The Hall–Kier alpha value is -0.0900. The average Bonchev–Trinajstić information content (AvgIpc) is 2.21. The van der Waals surface area contributed by atoms with Crippen molar-refractivity contribution in [3.63, 3.8) is 0 Å². The SMILES string of the molecule is CCSc1cccc(OP(C)(=O)O)c1SCC. The lowest BCUT2D eigenvalue weighted by Crippen LogP contribution is -1.93. The van der Waals surface area contributed by atoms with E-state index in [1.165, 1.54) is 6.66 Å². The third-order valence-corrected chi connectivity index (χ3v) is 4.40. The van der Waals surface area contributed by atoms with Crippen molar-refractivity contribution in [2.24, 2.45) is 0 Å². The summed E-state index contributed by atoms with van der Waals surface area (Å²) < 4.78 is 16.5. The summed E-state index contributed by atoms with van der Waals surface area (Å²) in [5.74, 6) is 2.37. The second-order valence-electron chi connectivity index (χ2n) is 3.34. The zero-order chi connectivity index (χ0) is 12.9. The molecule has 0 fully saturated rings. The molecule has 1 rings (SSSR count). The normalized spacial score (nSPS) is 14.4. The van der Waals surface area contributed by atoms with E-state index >= 15 is 0 Å². The standard InChI is InChI=1S/C11H17O3PS2/c1-4-16-10-8-6-7-9(11(10)17-5-2)14-15(3,12)13/h6-8H,4-5H2,1-3H3,(H,12,13). The highest BCUT2D eigenvalue weighted by Crippen LogP contribution is 2.45. The molecule has 0 aliphatic rings. The molecular weight excluding hydrogens is 275 g/mol. The van der Waals surface area contributed by atoms with Gasteiger partial charge in [-0.05, 0) is 23.6 Å². The molecule has 0 saturated carbocycles. The minimum Gasteiger partial charge on any atom is -0.423 e. The largest absolute Gasteiger partial charge is 0.423 e. The first-order valence-corrected chi connectivity index (χ1v) is 9.36. The fourth-order valence-electron chi connectivity index (χ4n) is 1.31. The zero-order valence-corrected chi connectivity index (χ0v) is 12.7. The molecule has 0 aliphatic heterocycles. The molecule has 0 heterocycles. The van der Waals surface area contributed by atoms with Gasteiger partial charge in [0, 0.05) is 11.6 Å². The molecule has 0 aliphatic carbocycles. The predicted molar refractivity (Wildman–Crippen MR) is 75.6 cm³/mol. The number of benzene rings is 1. The molecule has 0 radical (unpaired) electrons. The van der Waals surface area contributed by atoms with E-state index in [-0.39, 0.29) is 0 Å². The van der Waals surface area contributed by atoms with Gasteiger partial charge >= 0.3 is 7.60 Å². The second kappa shape index (κ2) is 6.74. The Kier molecular flexibility index (Phi) is 5.93. The first kappa shape index (κ1) is 15.0. The topological polar surface area (TPSA) is 46.5 Å². The molecule has 1 atom stereocenters. The van der Waals surface area contributed by atoms with Crippen LogP contribution in [0.25, 0.3) is 0 Å². The van der Waals surface area contributed by atoms with Crippen LogP contribution in [0.15, 0.2) is 28.0 Å². The lowest BCUT2D eigenvalue weighted by atomic mass is 10.3. The van der Waals surface area contributed by atoms with Crippen LogP contribution in [0.4, 0.5) is 0 Å². The average molecular weight is 292 g/mol. The Balaban J connectivity index is 3.10. The number of thioether (sulfide) groups is 2. The monoisotopic (exact) mass is 292 g/mol. The van der Waals surface area contributed by atoms with Crippen molar-refractivity contribution >= 4 is 31.1 Å². The smallest absolute Gasteiger partial charge is 0.373 e. The molecule has 0 spiro atoms. The van der Waals surface area contributed by atoms with Crippen LogP contribution in [0, 0.1) is 0 Å². The molecule has 0 bridgehead atoms. The molecule has 1 unspecified atom stereocenters. The summed E-state index contributed by atoms with van der Waals surface area (Å²) in [6, 6.07) is 5.60. The van der Waals surface area contributed by atoms with E-state index in [2.05, 4.69) is 6.92 Å². The maximum atomic E-state index is 11.3. The lowest BCUT2D eigenvalue weighted by Gasteiger charge is -2.15. The Bertz CT molecular complexity index is 417. The van der Waals surface area contributed by atoms with E-state index in [1.807, 2.05) is 19.1 Å². The molecule has 17 heavy (non-hydrogen) atoms. The number of hydrogen-bond donors (Lipinski definition) is 1. The van der Waals surface area contributed by atoms with Crippen LogP contribution < -0.4 is 4.52 Å². The van der Waals surface area contributed by atoms with Crippen LogP contribution in [0.1, 0.15) is 13.8 Å². The number of rotatable bonds is 6. The van der Waals surface area contributed by atoms with Crippen LogP contribution in [0.2, 0.25) is 0 Å². The maximum Gasteiger partial charge on any atom is 0.373 e. The summed E-state index contributed by atoms with van der Waals surface area (Å²) in [5, 5.41) is 0. The van der Waals surface area contributed by atoms with E-state index in [0.717, 1.165) is 21.3 Å². The maximum absolute atomic E-state index is 11.3. The van der Waals surface area contributed by atoms with E-state index in [0.29, 0.717) is 5.75 Å². The fourth-order valence-corrected chi connectivity index (χ4v) is 3.71. The highest BCUT2D eigenvalue weighted by Gasteiger charge is 2.17. The molecule has 3 nitrogen and oxygen atoms in total. The van der Waals surface area contributed by atoms with Crippen LogP contribution in [0.5, 0.6) is 5.75 Å². The first-order chi connectivity index (χ1) is 7.98. The summed E-state index contributed by atoms with van der Waals surface area (Å²) in [6.45, 7) is 5.33. The van der Waals surface area contributed by atoms with Gasteiger partial charge in [0.2, 0.25) is 0 Å². The summed E-state index contributed by atoms with van der Waals surface area (Å²) in [4.78, 5) is 11.4. The minimum atomic E-state index is -3.50. The van der Waals surface area contributed by atoms with Gasteiger partial charge < -0.3 is 9.42 Å². The van der Waals surface area contributed by atoms with Crippen molar-refractivity contribution in [3.8, 4) is 5.75 Å². The third kappa shape index (κ3) is 4.96. The Morgan fingerprint density at radius 1 is 1.29 bits per heavy atom. The second-order valence-corrected chi connectivity index (χ2v) is 7.71. The predicted octanol–water partition coefficient (Wildman–Crippen LogP) is 4.10. The Morgan fingerprint density at radius 3 is 2.47 bits per heavy atom. The van der Waals surface area contributed by atoms with Crippen molar-refractivity contribution in [2.45, 2.75) is 23.6 Å². The van der Waals surface area contributed by atoms with Gasteiger partial charge in [-0.25, -0.2) is 4.57 Å².